The van der Waals surface area contributed by atoms with Crippen LogP contribution in [0.2, 0.25) is 0 Å². The van der Waals surface area contributed by atoms with E-state index in [1.54, 1.807) is 18.3 Å². The number of aromatic hydroxyl groups is 3. The fourth-order valence-electron chi connectivity index (χ4n) is 2.21. The van der Waals surface area contributed by atoms with Crippen LogP contribution in [-0.4, -0.2) is 31.7 Å². The highest BCUT2D eigenvalue weighted by Gasteiger charge is 2.11. The molecule has 8 heteroatoms. The Bertz CT molecular complexity index is 938. The molecule has 0 aliphatic rings. The number of rotatable bonds is 3. The van der Waals surface area contributed by atoms with Crippen molar-refractivity contribution in [2.24, 2.45) is 4.99 Å². The van der Waals surface area contributed by atoms with Gasteiger partial charge in [-0.05, 0) is 49.6 Å². The van der Waals surface area contributed by atoms with Gasteiger partial charge in [-0.2, -0.15) is 10.2 Å². The van der Waals surface area contributed by atoms with Crippen LogP contribution in [0.5, 0.6) is 17.2 Å². The van der Waals surface area contributed by atoms with Gasteiger partial charge in [0, 0.05) is 24.1 Å². The number of fused-ring (bicyclic) bond motifs is 1. The molecule has 0 saturated heterocycles. The Balaban J connectivity index is 1.90. The van der Waals surface area contributed by atoms with Gasteiger partial charge in [0.2, 0.25) is 0 Å². The molecule has 0 saturated carbocycles. The summed E-state index contributed by atoms with van der Waals surface area (Å²) >= 11 is 6.54. The van der Waals surface area contributed by atoms with E-state index in [1.165, 1.54) is 18.5 Å². The molecule has 0 aliphatic heterocycles. The van der Waals surface area contributed by atoms with Gasteiger partial charge < -0.3 is 15.3 Å². The predicted octanol–water partition coefficient (Wildman–Crippen LogP) is 4.22. The summed E-state index contributed by atoms with van der Waals surface area (Å²) in [5.74, 6) is 0.0379. The third-order valence-electron chi connectivity index (χ3n) is 3.41. The molecule has 0 fully saturated rings. The maximum Gasteiger partial charge on any atom is 0.150 e. The molecular formula is C16H11Br2N3O3. The number of hydrogen-bond acceptors (Lipinski definition) is 6. The number of aromatic nitrogens is 2. The molecule has 3 N–H and O–H groups in total. The molecule has 0 atom stereocenters. The van der Waals surface area contributed by atoms with E-state index < -0.39 is 0 Å². The van der Waals surface area contributed by atoms with Crippen LogP contribution in [0.25, 0.3) is 10.8 Å². The van der Waals surface area contributed by atoms with Crippen LogP contribution in [0.1, 0.15) is 5.56 Å². The van der Waals surface area contributed by atoms with Gasteiger partial charge >= 0.3 is 0 Å². The number of phenols is 3. The molecule has 6 nitrogen and oxygen atoms in total. The number of benzene rings is 2. The van der Waals surface area contributed by atoms with Gasteiger partial charge in [0.15, 0.2) is 5.75 Å². The summed E-state index contributed by atoms with van der Waals surface area (Å²) in [6.07, 6.45) is 4.84. The van der Waals surface area contributed by atoms with Crippen LogP contribution in [0.15, 0.2) is 44.5 Å². The summed E-state index contributed by atoms with van der Waals surface area (Å²) in [4.78, 5) is 4.22. The maximum absolute atomic E-state index is 10.3. The van der Waals surface area contributed by atoms with Gasteiger partial charge in [-0.25, -0.2) is 0 Å². The molecule has 3 rings (SSSR count). The fourth-order valence-corrected chi connectivity index (χ4v) is 3.49. The largest absolute Gasteiger partial charge is 0.507 e. The first-order chi connectivity index (χ1) is 11.5. The van der Waals surface area contributed by atoms with Gasteiger partial charge in [-0.1, -0.05) is 0 Å². The molecule has 0 aliphatic carbocycles. The van der Waals surface area contributed by atoms with Crippen molar-refractivity contribution in [3.63, 3.8) is 0 Å². The molecule has 1 heterocycles. The average molecular weight is 453 g/mol. The van der Waals surface area contributed by atoms with Gasteiger partial charge in [0.1, 0.15) is 17.2 Å². The predicted molar refractivity (Wildman–Crippen MR) is 98.2 cm³/mol. The van der Waals surface area contributed by atoms with Crippen LogP contribution in [0.4, 0.5) is 5.69 Å². The van der Waals surface area contributed by atoms with E-state index in [0.29, 0.717) is 26.1 Å². The quantitative estimate of drug-likeness (QED) is 0.408. The van der Waals surface area contributed by atoms with Gasteiger partial charge in [-0.3, -0.25) is 4.99 Å². The SMILES string of the molecule is Oc1c(Br)cc(CC=Nc2cc(O)c3cnncc3c2O)cc1Br. The van der Waals surface area contributed by atoms with E-state index in [0.717, 1.165) is 5.56 Å². The summed E-state index contributed by atoms with van der Waals surface area (Å²) in [5, 5.41) is 38.1. The van der Waals surface area contributed by atoms with Crippen LogP contribution < -0.4 is 0 Å². The lowest BCUT2D eigenvalue weighted by atomic mass is 10.1. The second-order valence-electron chi connectivity index (χ2n) is 5.00. The zero-order chi connectivity index (χ0) is 17.3. The average Bonchev–Trinajstić information content (AvgIpc) is 2.57. The second-order valence-corrected chi connectivity index (χ2v) is 6.71. The van der Waals surface area contributed by atoms with E-state index in [2.05, 4.69) is 47.0 Å². The Hall–Kier alpha value is -2.19. The fraction of sp³-hybridized carbons (Fsp3) is 0.0625. The highest BCUT2D eigenvalue weighted by atomic mass is 79.9. The van der Waals surface area contributed by atoms with Gasteiger partial charge in [0.25, 0.3) is 0 Å². The van der Waals surface area contributed by atoms with E-state index in [4.69, 9.17) is 0 Å². The van der Waals surface area contributed by atoms with Crippen LogP contribution >= 0.6 is 31.9 Å². The van der Waals surface area contributed by atoms with E-state index in [1.807, 2.05) is 0 Å². The summed E-state index contributed by atoms with van der Waals surface area (Å²) in [7, 11) is 0. The number of hydrogen-bond donors (Lipinski definition) is 3. The molecule has 3 aromatic rings. The molecule has 0 amide bonds. The molecule has 1 aromatic heterocycles. The first-order valence-electron chi connectivity index (χ1n) is 6.82. The Morgan fingerprint density at radius 2 is 1.54 bits per heavy atom. The molecule has 2 aromatic carbocycles. The van der Waals surface area contributed by atoms with Gasteiger partial charge in [0.05, 0.1) is 26.7 Å². The Kier molecular flexibility index (Phi) is 4.68. The topological polar surface area (TPSA) is 98.8 Å². The highest BCUT2D eigenvalue weighted by molar-refractivity contribution is 9.11. The number of nitrogens with zero attached hydrogens (tertiary/aromatic N) is 3. The number of aliphatic imine (C=N–C) groups is 1. The standard InChI is InChI=1S/C16H11Br2N3O3/c17-11-3-8(4-12(18)16(11)24)1-2-19-13-5-14(22)9-6-20-21-7-10(9)15(13)23/h2-7,22-24H,1H2. The molecular weight excluding hydrogens is 442 g/mol. The second kappa shape index (κ2) is 6.74. The zero-order valence-corrected chi connectivity index (χ0v) is 15.3. The molecule has 122 valence electrons. The first kappa shape index (κ1) is 16.7. The molecule has 0 radical (unpaired) electrons. The van der Waals surface area contributed by atoms with Crippen molar-refractivity contribution in [2.45, 2.75) is 6.42 Å². The zero-order valence-electron chi connectivity index (χ0n) is 12.1. The van der Waals surface area contributed by atoms with Crippen molar-refractivity contribution in [1.29, 1.82) is 0 Å². The minimum atomic E-state index is -0.0676. The van der Waals surface area contributed by atoms with Crippen molar-refractivity contribution in [3.05, 3.63) is 45.1 Å². The monoisotopic (exact) mass is 451 g/mol. The van der Waals surface area contributed by atoms with Crippen LogP contribution in [-0.2, 0) is 6.42 Å². The lowest BCUT2D eigenvalue weighted by Gasteiger charge is -2.06. The maximum atomic E-state index is 10.3. The summed E-state index contributed by atoms with van der Waals surface area (Å²) in [5.41, 5.74) is 1.15. The summed E-state index contributed by atoms with van der Waals surface area (Å²) in [6.45, 7) is 0. The molecule has 24 heavy (non-hydrogen) atoms. The molecule has 0 bridgehead atoms. The van der Waals surface area contributed by atoms with Crippen molar-refractivity contribution >= 4 is 54.5 Å². The van der Waals surface area contributed by atoms with E-state index in [-0.39, 0.29) is 22.9 Å². The Labute approximate surface area is 153 Å². The number of halogens is 2. The third-order valence-corrected chi connectivity index (χ3v) is 4.62. The lowest BCUT2D eigenvalue weighted by Crippen LogP contribution is -1.88. The summed E-state index contributed by atoms with van der Waals surface area (Å²) in [6, 6.07) is 4.93. The van der Waals surface area contributed by atoms with Crippen molar-refractivity contribution in [2.75, 3.05) is 0 Å². The third kappa shape index (κ3) is 3.20. The Morgan fingerprint density at radius 3 is 2.21 bits per heavy atom. The first-order valence-corrected chi connectivity index (χ1v) is 8.40. The minimum Gasteiger partial charge on any atom is -0.507 e. The van der Waals surface area contributed by atoms with Gasteiger partial charge in [-0.15, -0.1) is 0 Å². The van der Waals surface area contributed by atoms with Crippen molar-refractivity contribution in [1.82, 2.24) is 10.2 Å². The van der Waals surface area contributed by atoms with Crippen LogP contribution in [0, 0.1) is 0 Å². The highest BCUT2D eigenvalue weighted by Crippen LogP contribution is 2.39. The van der Waals surface area contributed by atoms with E-state index >= 15 is 0 Å². The number of phenolic OH excluding ortho intramolecular Hbond substituents is 3. The molecule has 0 unspecified atom stereocenters. The lowest BCUT2D eigenvalue weighted by molar-refractivity contribution is 0.468. The van der Waals surface area contributed by atoms with Crippen LogP contribution in [0.3, 0.4) is 0 Å². The minimum absolute atomic E-state index is 0.0278. The van der Waals surface area contributed by atoms with Crippen molar-refractivity contribution in [3.8, 4) is 17.2 Å². The Morgan fingerprint density at radius 1 is 0.917 bits per heavy atom. The summed E-state index contributed by atoms with van der Waals surface area (Å²) < 4.78 is 1.15. The van der Waals surface area contributed by atoms with E-state index in [9.17, 15) is 15.3 Å². The molecule has 0 spiro atoms. The van der Waals surface area contributed by atoms with Crippen molar-refractivity contribution < 1.29 is 15.3 Å². The smallest absolute Gasteiger partial charge is 0.150 e. The normalized spacial score (nSPS) is 11.4.